The van der Waals surface area contributed by atoms with Gasteiger partial charge in [-0.1, -0.05) is 30.3 Å². The van der Waals surface area contributed by atoms with Gasteiger partial charge in [-0.25, -0.2) is 4.39 Å². The van der Waals surface area contributed by atoms with Crippen LogP contribution in [0.25, 0.3) is 10.9 Å². The van der Waals surface area contributed by atoms with Gasteiger partial charge in [-0.05, 0) is 87.1 Å². The first-order valence-corrected chi connectivity index (χ1v) is 24.9. The van der Waals surface area contributed by atoms with Crippen molar-refractivity contribution < 1.29 is 47.5 Å². The maximum atomic E-state index is 14.6. The Morgan fingerprint density at radius 2 is 1.41 bits per heavy atom. The highest BCUT2D eigenvalue weighted by Gasteiger charge is 2.40. The van der Waals surface area contributed by atoms with Gasteiger partial charge in [0.25, 0.3) is 0 Å². The number of guanidine groups is 2. The van der Waals surface area contributed by atoms with Gasteiger partial charge >= 0.3 is 0 Å². The molecular weight excluding hydrogens is 976 g/mol. The fraction of sp³-hybridized carbons (Fsp3) is 0.490. The van der Waals surface area contributed by atoms with Crippen LogP contribution in [0.3, 0.4) is 0 Å². The molecule has 5 rings (SSSR count). The van der Waals surface area contributed by atoms with E-state index >= 15 is 0 Å². The molecule has 2 unspecified atom stereocenters. The third kappa shape index (κ3) is 18.0. The van der Waals surface area contributed by atoms with Crippen molar-refractivity contribution in [1.29, 1.82) is 10.8 Å². The maximum absolute atomic E-state index is 14.6. The van der Waals surface area contributed by atoms with E-state index < -0.39 is 101 Å². The molecule has 2 saturated heterocycles. The number of hydrogen-bond acceptors (Lipinski definition) is 11. The molecule has 18 N–H and O–H groups in total. The number of nitrogens with zero attached hydrogens (tertiary/aromatic N) is 1. The average molecular weight is 1050 g/mol. The predicted octanol–water partition coefficient (Wildman–Crippen LogP) is -2.29. The minimum absolute atomic E-state index is 0.00874. The van der Waals surface area contributed by atoms with E-state index in [0.717, 1.165) is 10.9 Å². The quantitative estimate of drug-likeness (QED) is 0.0409. The molecular formula is C49H69FN16O9. The molecule has 2 aromatic carbocycles. The Bertz CT molecular complexity index is 2560. The van der Waals surface area contributed by atoms with Gasteiger partial charge in [-0.2, -0.15) is 0 Å². The third-order valence-corrected chi connectivity index (χ3v) is 12.8. The van der Waals surface area contributed by atoms with Gasteiger partial charge in [0.1, 0.15) is 48.1 Å². The van der Waals surface area contributed by atoms with Crippen molar-refractivity contribution >= 4 is 76.0 Å². The molecule has 0 spiro atoms. The summed E-state index contributed by atoms with van der Waals surface area (Å²) in [6, 6.07) is 3.16. The van der Waals surface area contributed by atoms with Crippen molar-refractivity contribution in [3.05, 3.63) is 71.7 Å². The Morgan fingerprint density at radius 1 is 0.773 bits per heavy atom. The van der Waals surface area contributed by atoms with E-state index in [4.69, 9.17) is 28.0 Å². The smallest absolute Gasteiger partial charge is 0.245 e. The Hall–Kier alpha value is -8.32. The number of H-pyrrole nitrogens is 1. The predicted molar refractivity (Wildman–Crippen MR) is 273 cm³/mol. The average Bonchev–Trinajstić information content (AvgIpc) is 4.03. The largest absolute Gasteiger partial charge is 0.370 e. The van der Waals surface area contributed by atoms with E-state index in [9.17, 15) is 47.5 Å². The number of benzene rings is 2. The lowest BCUT2D eigenvalue weighted by atomic mass is 10.0. The molecule has 1 aromatic heterocycles. The number of para-hydroxylation sites is 1. The molecule has 2 aliphatic heterocycles. The number of rotatable bonds is 16. The Balaban J connectivity index is 1.51. The molecule has 0 bridgehead atoms. The van der Waals surface area contributed by atoms with Gasteiger partial charge in [0.05, 0.1) is 0 Å². The lowest BCUT2D eigenvalue weighted by Gasteiger charge is -2.31. The van der Waals surface area contributed by atoms with Crippen LogP contribution in [0, 0.1) is 16.6 Å². The molecule has 2 fully saturated rings. The Morgan fingerprint density at radius 3 is 2.11 bits per heavy atom. The lowest BCUT2D eigenvalue weighted by Crippen LogP contribution is -2.60. The van der Waals surface area contributed by atoms with E-state index in [1.165, 1.54) is 36.1 Å². The summed E-state index contributed by atoms with van der Waals surface area (Å²) < 4.78 is 14.1. The van der Waals surface area contributed by atoms with Gasteiger partial charge in [0.2, 0.25) is 53.2 Å². The molecule has 0 aliphatic carbocycles. The number of nitrogens with one attached hydrogen (secondary N) is 12. The first kappa shape index (κ1) is 57.6. The molecule has 0 saturated carbocycles. The van der Waals surface area contributed by atoms with Crippen molar-refractivity contribution in [3.8, 4) is 0 Å². The zero-order valence-corrected chi connectivity index (χ0v) is 41.8. The topological polar surface area (TPSA) is 407 Å². The summed E-state index contributed by atoms with van der Waals surface area (Å²) in [5.74, 6) is -7.97. The minimum Gasteiger partial charge on any atom is -0.370 e. The van der Waals surface area contributed by atoms with Crippen LogP contribution >= 0.6 is 0 Å². The minimum atomic E-state index is -1.45. The second-order valence-electron chi connectivity index (χ2n) is 18.5. The van der Waals surface area contributed by atoms with Crippen molar-refractivity contribution in [2.75, 3.05) is 26.2 Å². The van der Waals surface area contributed by atoms with Crippen LogP contribution < -0.4 is 65.1 Å². The summed E-state index contributed by atoms with van der Waals surface area (Å²) in [7, 11) is 0. The monoisotopic (exact) mass is 1040 g/mol. The number of halogens is 1. The Kier molecular flexibility index (Phi) is 21.7. The summed E-state index contributed by atoms with van der Waals surface area (Å²) in [5.41, 5.74) is 18.4. The van der Waals surface area contributed by atoms with E-state index in [0.29, 0.717) is 17.5 Å². The standard InChI is InChI=1S/C49H69FN16O9/c1-27(67)60-34(11-5-21-57-48(52)53)42(70)63-36-18-19-40(68)56-20-4-10-33(41(51)69)61-45(73)38(25-29-26-59-32-9-3-2-8-31(29)32)64-43(71)35(12-6-22-58-49(54)55)62-44(72)37(24-28-14-16-30(50)17-15-28)65-46(74)39-13-7-23-66(39)47(36)75/h2-3,8-9,14-17,26,33-39,59H,4-7,10-13,18-25H2,1H3,(H2,51,69)(H,56,68)(H,60,67)(H,61,73)(H,62,72)(H,63,70)(H,64,71)(H,65,74)(H4,52,53,57)(H4,54,55,58)/t33-,34?,35-,36-,37+,38-,39?/m0/s1. The summed E-state index contributed by atoms with van der Waals surface area (Å²) >= 11 is 0. The molecule has 25 nitrogen and oxygen atoms in total. The molecule has 3 aromatic rings. The second-order valence-corrected chi connectivity index (χ2v) is 18.5. The first-order valence-electron chi connectivity index (χ1n) is 24.9. The Labute approximate surface area is 432 Å². The van der Waals surface area contributed by atoms with Gasteiger partial charge in [0.15, 0.2) is 11.9 Å². The number of carbonyl (C=O) groups is 9. The molecule has 0 radical (unpaired) electrons. The van der Waals surface area contributed by atoms with Crippen LogP contribution in [0.4, 0.5) is 4.39 Å². The molecule has 9 amide bonds. The van der Waals surface area contributed by atoms with E-state index in [-0.39, 0.29) is 109 Å². The number of hydrogen-bond donors (Lipinski definition) is 15. The fourth-order valence-electron chi connectivity index (χ4n) is 8.94. The molecule has 406 valence electrons. The summed E-state index contributed by atoms with van der Waals surface area (Å²) in [6.45, 7) is 1.53. The zero-order valence-electron chi connectivity index (χ0n) is 41.8. The number of primary amides is 1. The van der Waals surface area contributed by atoms with Crippen molar-refractivity contribution in [2.45, 2.75) is 126 Å². The number of aromatic nitrogens is 1. The van der Waals surface area contributed by atoms with Gasteiger partial charge in [-0.15, -0.1) is 0 Å². The molecule has 3 heterocycles. The molecule has 2 aliphatic rings. The van der Waals surface area contributed by atoms with E-state index in [1.54, 1.807) is 12.3 Å². The third-order valence-electron chi connectivity index (χ3n) is 12.8. The van der Waals surface area contributed by atoms with E-state index in [1.807, 2.05) is 18.2 Å². The fourth-order valence-corrected chi connectivity index (χ4v) is 8.94. The number of nitrogens with two attached hydrogens (primary N) is 3. The van der Waals surface area contributed by atoms with Crippen LogP contribution in [0.2, 0.25) is 0 Å². The molecule has 7 atom stereocenters. The summed E-state index contributed by atoms with van der Waals surface area (Å²) in [5, 5.41) is 39.8. The van der Waals surface area contributed by atoms with Gasteiger partial charge in [-0.3, -0.25) is 54.0 Å². The summed E-state index contributed by atoms with van der Waals surface area (Å²) in [6.07, 6.45) is 1.72. The summed E-state index contributed by atoms with van der Waals surface area (Å²) in [4.78, 5) is 129. The number of fused-ring (bicyclic) bond motifs is 2. The first-order chi connectivity index (χ1) is 35.8. The van der Waals surface area contributed by atoms with Gasteiger partial charge < -0.3 is 74.9 Å². The van der Waals surface area contributed by atoms with Crippen molar-refractivity contribution in [1.82, 2.24) is 57.7 Å². The van der Waals surface area contributed by atoms with E-state index in [2.05, 4.69) is 52.8 Å². The lowest BCUT2D eigenvalue weighted by molar-refractivity contribution is -0.143. The van der Waals surface area contributed by atoms with Crippen LogP contribution in [0.5, 0.6) is 0 Å². The number of carbonyl (C=O) groups excluding carboxylic acids is 9. The van der Waals surface area contributed by atoms with Crippen LogP contribution in [0.15, 0.2) is 54.7 Å². The van der Waals surface area contributed by atoms with Crippen molar-refractivity contribution in [3.63, 3.8) is 0 Å². The number of aromatic amines is 1. The van der Waals surface area contributed by atoms with Gasteiger partial charge in [0, 0.05) is 69.5 Å². The van der Waals surface area contributed by atoms with Crippen molar-refractivity contribution in [2.24, 2.45) is 17.2 Å². The zero-order chi connectivity index (χ0) is 54.6. The maximum Gasteiger partial charge on any atom is 0.245 e. The molecule has 26 heteroatoms. The highest BCUT2D eigenvalue weighted by atomic mass is 19.1. The van der Waals surface area contributed by atoms with Crippen LogP contribution in [-0.2, 0) is 56.0 Å². The SMILES string of the molecule is CC(=O)NC(CCCNC(=N)N)C(=O)N[C@H]1CCC(=O)NCCC[C@@H](C(N)=O)NC(=O)[C@H](Cc2c[nH]c3ccccc23)NC(=O)[C@H](CCCNC(=N)N)NC(=O)[C@@H](Cc2ccc(F)cc2)NC(=O)C2CCCN2C1=O. The van der Waals surface area contributed by atoms with Crippen LogP contribution in [0.1, 0.15) is 82.3 Å². The highest BCUT2D eigenvalue weighted by Crippen LogP contribution is 2.22. The van der Waals surface area contributed by atoms with Crippen LogP contribution in [-0.4, -0.2) is 143 Å². The normalized spacial score (nSPS) is 22.0. The molecule has 75 heavy (non-hydrogen) atoms. The highest BCUT2D eigenvalue weighted by molar-refractivity contribution is 5.98. The number of amides is 9. The second kappa shape index (κ2) is 28.2.